The van der Waals surface area contributed by atoms with Gasteiger partial charge in [-0.25, -0.2) is 0 Å². The van der Waals surface area contributed by atoms with Gasteiger partial charge in [0.1, 0.15) is 5.75 Å². The minimum absolute atomic E-state index is 0.0765. The monoisotopic (exact) mass is 395 g/mol. The van der Waals surface area contributed by atoms with E-state index in [-0.39, 0.29) is 17.2 Å². The Morgan fingerprint density at radius 1 is 1.11 bits per heavy atom. The maximum Gasteiger partial charge on any atom is 0.387 e. The van der Waals surface area contributed by atoms with Crippen LogP contribution in [0.5, 0.6) is 5.75 Å². The Balaban J connectivity index is 1.72. The Labute approximate surface area is 160 Å². The molecule has 0 aliphatic carbocycles. The van der Waals surface area contributed by atoms with Crippen LogP contribution in [0.25, 0.3) is 0 Å². The zero-order valence-corrected chi connectivity index (χ0v) is 15.4. The Morgan fingerprint density at radius 3 is 2.52 bits per heavy atom. The summed E-state index contributed by atoms with van der Waals surface area (Å²) in [4.78, 5) is 23.6. The van der Waals surface area contributed by atoms with Crippen molar-refractivity contribution in [1.82, 2.24) is 0 Å². The van der Waals surface area contributed by atoms with Gasteiger partial charge in [0, 0.05) is 5.75 Å². The smallest absolute Gasteiger partial charge is 0.387 e. The number of para-hydroxylation sites is 2. The van der Waals surface area contributed by atoms with E-state index in [2.05, 4.69) is 10.1 Å². The van der Waals surface area contributed by atoms with Gasteiger partial charge in [-0.15, -0.1) is 11.8 Å². The predicted octanol–water partition coefficient (Wildman–Crippen LogP) is 4.01. The zero-order valence-electron chi connectivity index (χ0n) is 14.6. The van der Waals surface area contributed by atoms with Crippen LogP contribution in [-0.4, -0.2) is 30.8 Å². The van der Waals surface area contributed by atoms with Crippen molar-refractivity contribution in [2.45, 2.75) is 19.3 Å². The molecular weight excluding hydrogens is 376 g/mol. The number of esters is 1. The summed E-state index contributed by atoms with van der Waals surface area (Å²) in [7, 11) is 0. The number of aryl methyl sites for hydroxylation is 1. The standard InChI is InChI=1S/C19H19F2NO4S/c1-13-6-8-14(9-7-13)11-27-12-18(24)25-10-17(23)22-15-4-2-3-5-16(15)26-19(20)21/h2-9,19H,10-12H2,1H3,(H,22,23). The number of carbonyl (C=O) groups excluding carboxylic acids is 2. The number of benzene rings is 2. The Hall–Kier alpha value is -2.61. The van der Waals surface area contributed by atoms with Crippen molar-refractivity contribution in [3.05, 3.63) is 59.7 Å². The topological polar surface area (TPSA) is 64.6 Å². The number of rotatable bonds is 9. The normalized spacial score (nSPS) is 10.5. The first-order valence-electron chi connectivity index (χ1n) is 8.06. The average Bonchev–Trinajstić information content (AvgIpc) is 2.63. The summed E-state index contributed by atoms with van der Waals surface area (Å²) in [6.07, 6.45) is 0. The molecule has 0 atom stereocenters. The van der Waals surface area contributed by atoms with Crippen molar-refractivity contribution < 1.29 is 27.8 Å². The van der Waals surface area contributed by atoms with Crippen molar-refractivity contribution in [3.63, 3.8) is 0 Å². The second-order valence-electron chi connectivity index (χ2n) is 5.56. The first-order valence-corrected chi connectivity index (χ1v) is 9.22. The van der Waals surface area contributed by atoms with Gasteiger partial charge >= 0.3 is 12.6 Å². The molecule has 8 heteroatoms. The molecule has 2 aromatic carbocycles. The van der Waals surface area contributed by atoms with E-state index in [0.29, 0.717) is 5.75 Å². The summed E-state index contributed by atoms with van der Waals surface area (Å²) in [6, 6.07) is 13.7. The minimum atomic E-state index is -3.01. The highest BCUT2D eigenvalue weighted by Crippen LogP contribution is 2.25. The van der Waals surface area contributed by atoms with Crippen LogP contribution >= 0.6 is 11.8 Å². The van der Waals surface area contributed by atoms with Crippen LogP contribution in [0.4, 0.5) is 14.5 Å². The Bertz CT molecular complexity index is 769. The number of carbonyl (C=O) groups is 2. The fraction of sp³-hybridized carbons (Fsp3) is 0.263. The largest absolute Gasteiger partial charge is 0.455 e. The van der Waals surface area contributed by atoms with Crippen molar-refractivity contribution in [3.8, 4) is 5.75 Å². The van der Waals surface area contributed by atoms with Crippen molar-refractivity contribution in [2.24, 2.45) is 0 Å². The molecule has 27 heavy (non-hydrogen) atoms. The molecule has 0 heterocycles. The van der Waals surface area contributed by atoms with E-state index >= 15 is 0 Å². The SMILES string of the molecule is Cc1ccc(CSCC(=O)OCC(=O)Nc2ccccc2OC(F)F)cc1. The van der Waals surface area contributed by atoms with Crippen LogP contribution in [0, 0.1) is 6.92 Å². The number of halogens is 2. The van der Waals surface area contributed by atoms with E-state index in [0.717, 1.165) is 11.1 Å². The Kier molecular flexibility index (Phi) is 8.06. The third-order valence-corrected chi connectivity index (χ3v) is 4.33. The van der Waals surface area contributed by atoms with E-state index < -0.39 is 25.1 Å². The van der Waals surface area contributed by atoms with Gasteiger partial charge < -0.3 is 14.8 Å². The van der Waals surface area contributed by atoms with Gasteiger partial charge in [-0.2, -0.15) is 8.78 Å². The summed E-state index contributed by atoms with van der Waals surface area (Å²) in [6.45, 7) is -1.52. The van der Waals surface area contributed by atoms with E-state index in [1.165, 1.54) is 30.0 Å². The highest BCUT2D eigenvalue weighted by atomic mass is 32.2. The fourth-order valence-electron chi connectivity index (χ4n) is 2.08. The summed E-state index contributed by atoms with van der Waals surface area (Å²) < 4.78 is 33.9. The molecule has 0 aliphatic heterocycles. The highest BCUT2D eigenvalue weighted by Gasteiger charge is 2.13. The lowest BCUT2D eigenvalue weighted by Gasteiger charge is -2.11. The molecular formula is C19H19F2NO4S. The molecule has 0 fully saturated rings. The molecule has 0 aromatic heterocycles. The summed E-state index contributed by atoms with van der Waals surface area (Å²) in [5.41, 5.74) is 2.33. The van der Waals surface area contributed by atoms with Crippen molar-refractivity contribution in [1.29, 1.82) is 0 Å². The summed E-state index contributed by atoms with van der Waals surface area (Å²) >= 11 is 1.38. The van der Waals surface area contributed by atoms with Gasteiger partial charge in [0.2, 0.25) is 0 Å². The third-order valence-electron chi connectivity index (χ3n) is 3.35. The molecule has 5 nitrogen and oxygen atoms in total. The molecule has 2 rings (SSSR count). The summed E-state index contributed by atoms with van der Waals surface area (Å²) in [5, 5.41) is 2.38. The van der Waals surface area contributed by atoms with Gasteiger partial charge in [-0.3, -0.25) is 9.59 Å². The van der Waals surface area contributed by atoms with Gasteiger partial charge in [0.05, 0.1) is 11.4 Å². The number of nitrogens with one attached hydrogen (secondary N) is 1. The van der Waals surface area contributed by atoms with Crippen LogP contribution in [-0.2, 0) is 20.1 Å². The highest BCUT2D eigenvalue weighted by molar-refractivity contribution is 7.99. The molecule has 1 N–H and O–H groups in total. The molecule has 144 valence electrons. The van der Waals surface area contributed by atoms with Gasteiger partial charge in [0.25, 0.3) is 5.91 Å². The molecule has 0 bridgehead atoms. The lowest BCUT2D eigenvalue weighted by molar-refractivity contribution is -0.144. The number of amides is 1. The molecule has 0 unspecified atom stereocenters. The van der Waals surface area contributed by atoms with Crippen molar-refractivity contribution >= 4 is 29.3 Å². The molecule has 0 spiro atoms. The first-order chi connectivity index (χ1) is 12.9. The zero-order chi connectivity index (χ0) is 19.6. The second-order valence-corrected chi connectivity index (χ2v) is 6.55. The lowest BCUT2D eigenvalue weighted by atomic mass is 10.2. The maximum atomic E-state index is 12.3. The van der Waals surface area contributed by atoms with E-state index in [1.807, 2.05) is 31.2 Å². The van der Waals surface area contributed by atoms with Crippen molar-refractivity contribution in [2.75, 3.05) is 17.7 Å². The van der Waals surface area contributed by atoms with E-state index in [1.54, 1.807) is 6.07 Å². The van der Waals surface area contributed by atoms with Crippen LogP contribution in [0.1, 0.15) is 11.1 Å². The van der Waals surface area contributed by atoms with Crippen LogP contribution < -0.4 is 10.1 Å². The number of hydrogen-bond acceptors (Lipinski definition) is 5. The predicted molar refractivity (Wildman–Crippen MR) is 100 cm³/mol. The number of ether oxygens (including phenoxy) is 2. The molecule has 1 amide bonds. The van der Waals surface area contributed by atoms with E-state index in [4.69, 9.17) is 4.74 Å². The molecule has 0 saturated heterocycles. The van der Waals surface area contributed by atoms with Gasteiger partial charge in [-0.05, 0) is 24.6 Å². The maximum absolute atomic E-state index is 12.3. The average molecular weight is 395 g/mol. The van der Waals surface area contributed by atoms with E-state index in [9.17, 15) is 18.4 Å². The molecule has 0 radical (unpaired) electrons. The van der Waals surface area contributed by atoms with Crippen LogP contribution in [0.2, 0.25) is 0 Å². The second kappa shape index (κ2) is 10.5. The quantitative estimate of drug-likeness (QED) is 0.650. The molecule has 0 aliphatic rings. The van der Waals surface area contributed by atoms with Gasteiger partial charge in [0.15, 0.2) is 6.61 Å². The fourth-order valence-corrected chi connectivity index (χ4v) is 2.86. The minimum Gasteiger partial charge on any atom is -0.455 e. The first kappa shape index (κ1) is 20.7. The number of anilines is 1. The third kappa shape index (κ3) is 7.65. The molecule has 2 aromatic rings. The van der Waals surface area contributed by atoms with Gasteiger partial charge in [-0.1, -0.05) is 42.0 Å². The lowest BCUT2D eigenvalue weighted by Crippen LogP contribution is -2.22. The Morgan fingerprint density at radius 2 is 1.81 bits per heavy atom. The number of hydrogen-bond donors (Lipinski definition) is 1. The van der Waals surface area contributed by atoms with Crippen LogP contribution in [0.3, 0.4) is 0 Å². The number of thioether (sulfide) groups is 1. The van der Waals surface area contributed by atoms with Crippen LogP contribution in [0.15, 0.2) is 48.5 Å². The summed E-state index contributed by atoms with van der Waals surface area (Å²) in [5.74, 6) is -0.580. The molecule has 0 saturated carbocycles. The number of alkyl halides is 2.